The molecule has 0 saturated heterocycles. The standard InChI is InChI=1S/C21H10BrN7O2S2/c22-13-10-15(29(30)31)18(17-16(13)26-33-27-17)32-21-25-24-20-12-8-4-5-9-14(12)23-19(28(20)21)11-6-2-1-3-7-11/h1-10H. The average Bonchev–Trinajstić information content (AvgIpc) is 3.49. The Morgan fingerprint density at radius 3 is 2.58 bits per heavy atom. The fraction of sp³-hybridized carbons (Fsp3) is 0. The zero-order chi connectivity index (χ0) is 22.5. The molecular weight excluding hydrogens is 526 g/mol. The maximum Gasteiger partial charge on any atom is 0.286 e. The molecule has 0 amide bonds. The molecule has 12 heteroatoms. The Kier molecular flexibility index (Phi) is 4.78. The number of nitro groups is 1. The van der Waals surface area contributed by atoms with E-state index in [-0.39, 0.29) is 5.69 Å². The van der Waals surface area contributed by atoms with E-state index in [0.29, 0.717) is 37.0 Å². The Bertz CT molecular complexity index is 1700. The summed E-state index contributed by atoms with van der Waals surface area (Å²) >= 11 is 5.49. The van der Waals surface area contributed by atoms with E-state index in [9.17, 15) is 10.1 Å². The molecule has 33 heavy (non-hydrogen) atoms. The monoisotopic (exact) mass is 535 g/mol. The molecule has 9 nitrogen and oxygen atoms in total. The second-order valence-electron chi connectivity index (χ2n) is 6.99. The second kappa shape index (κ2) is 7.83. The lowest BCUT2D eigenvalue weighted by Gasteiger charge is -2.10. The molecule has 0 unspecified atom stereocenters. The second-order valence-corrected chi connectivity index (χ2v) is 9.35. The fourth-order valence-corrected chi connectivity index (χ4v) is 5.84. The molecule has 3 aromatic carbocycles. The van der Waals surface area contributed by atoms with Gasteiger partial charge in [-0.05, 0) is 39.8 Å². The predicted molar refractivity (Wildman–Crippen MR) is 130 cm³/mol. The van der Waals surface area contributed by atoms with Gasteiger partial charge in [-0.2, -0.15) is 8.75 Å². The van der Waals surface area contributed by atoms with E-state index in [4.69, 9.17) is 4.98 Å². The summed E-state index contributed by atoms with van der Waals surface area (Å²) in [4.78, 5) is 16.7. The molecule has 0 saturated carbocycles. The van der Waals surface area contributed by atoms with Crippen LogP contribution in [0.2, 0.25) is 0 Å². The number of nitro benzene ring substituents is 1. The van der Waals surface area contributed by atoms with Crippen molar-refractivity contribution in [3.63, 3.8) is 0 Å². The zero-order valence-electron chi connectivity index (χ0n) is 16.4. The van der Waals surface area contributed by atoms with E-state index < -0.39 is 4.92 Å². The average molecular weight is 536 g/mol. The SMILES string of the molecule is O=[N+]([O-])c1cc(Br)c2nsnc2c1Sc1nnc2c3ccccc3nc(-c3ccccc3)n12. The summed E-state index contributed by atoms with van der Waals surface area (Å²) in [6.45, 7) is 0. The summed E-state index contributed by atoms with van der Waals surface area (Å²) in [5.74, 6) is 0.643. The molecule has 3 heterocycles. The molecule has 0 fully saturated rings. The molecule has 0 N–H and O–H groups in total. The van der Waals surface area contributed by atoms with Crippen molar-refractivity contribution in [2.75, 3.05) is 0 Å². The molecule has 6 aromatic rings. The highest BCUT2D eigenvalue weighted by Crippen LogP contribution is 2.42. The van der Waals surface area contributed by atoms with E-state index in [0.717, 1.165) is 40.0 Å². The molecular formula is C21H10BrN7O2S2. The van der Waals surface area contributed by atoms with Crippen LogP contribution >= 0.6 is 39.4 Å². The van der Waals surface area contributed by atoms with E-state index in [1.165, 1.54) is 6.07 Å². The van der Waals surface area contributed by atoms with Gasteiger partial charge in [-0.15, -0.1) is 10.2 Å². The first kappa shape index (κ1) is 20.1. The molecule has 0 aliphatic heterocycles. The highest BCUT2D eigenvalue weighted by atomic mass is 79.9. The van der Waals surface area contributed by atoms with Crippen LogP contribution in [0.15, 0.2) is 75.2 Å². The van der Waals surface area contributed by atoms with Crippen molar-refractivity contribution >= 4 is 72.7 Å². The number of aromatic nitrogens is 6. The normalized spacial score (nSPS) is 11.5. The molecule has 3 aromatic heterocycles. The highest BCUT2D eigenvalue weighted by Gasteiger charge is 2.26. The van der Waals surface area contributed by atoms with E-state index in [1.807, 2.05) is 59.0 Å². The van der Waals surface area contributed by atoms with Gasteiger partial charge >= 0.3 is 0 Å². The molecule has 0 bridgehead atoms. The third-order valence-corrected chi connectivity index (χ3v) is 7.25. The number of hydrogen-bond donors (Lipinski definition) is 0. The topological polar surface area (TPSA) is 112 Å². The smallest absolute Gasteiger partial charge is 0.258 e. The number of benzene rings is 3. The van der Waals surface area contributed by atoms with Crippen LogP contribution in [0.25, 0.3) is 39.0 Å². The van der Waals surface area contributed by atoms with Crippen molar-refractivity contribution in [3.8, 4) is 11.4 Å². The first-order valence-electron chi connectivity index (χ1n) is 9.58. The van der Waals surface area contributed by atoms with E-state index >= 15 is 0 Å². The molecule has 0 radical (unpaired) electrons. The van der Waals surface area contributed by atoms with Crippen molar-refractivity contribution in [3.05, 3.63) is 75.3 Å². The quantitative estimate of drug-likeness (QED) is 0.206. The Balaban J connectivity index is 1.65. The lowest BCUT2D eigenvalue weighted by Crippen LogP contribution is -2.00. The van der Waals surface area contributed by atoms with Gasteiger partial charge in [0.2, 0.25) is 5.16 Å². The van der Waals surface area contributed by atoms with Gasteiger partial charge in [0.1, 0.15) is 21.8 Å². The van der Waals surface area contributed by atoms with Crippen LogP contribution in [-0.2, 0) is 0 Å². The minimum absolute atomic E-state index is 0.0844. The third kappa shape index (κ3) is 3.25. The summed E-state index contributed by atoms with van der Waals surface area (Å²) < 4.78 is 10.9. The summed E-state index contributed by atoms with van der Waals surface area (Å²) in [5.41, 5.74) is 3.20. The summed E-state index contributed by atoms with van der Waals surface area (Å²) in [6, 6.07) is 18.8. The fourth-order valence-electron chi connectivity index (χ4n) is 3.60. The van der Waals surface area contributed by atoms with Crippen LogP contribution in [0.3, 0.4) is 0 Å². The lowest BCUT2D eigenvalue weighted by atomic mass is 10.2. The Hall–Kier alpha value is -3.48. The van der Waals surface area contributed by atoms with Crippen LogP contribution < -0.4 is 0 Å². The predicted octanol–water partition coefficient (Wildman–Crippen LogP) is 5.77. The van der Waals surface area contributed by atoms with Crippen molar-refractivity contribution < 1.29 is 4.92 Å². The molecule has 0 aliphatic carbocycles. The van der Waals surface area contributed by atoms with Crippen molar-refractivity contribution in [1.29, 1.82) is 0 Å². The van der Waals surface area contributed by atoms with Crippen molar-refractivity contribution in [1.82, 2.24) is 28.3 Å². The van der Waals surface area contributed by atoms with Crippen LogP contribution in [0.1, 0.15) is 0 Å². The van der Waals surface area contributed by atoms with Gasteiger partial charge in [0, 0.05) is 17.0 Å². The van der Waals surface area contributed by atoms with E-state index in [2.05, 4.69) is 34.9 Å². The first-order chi connectivity index (χ1) is 16.1. The van der Waals surface area contributed by atoms with Gasteiger partial charge in [0.25, 0.3) is 5.69 Å². The molecule has 0 aliphatic rings. The van der Waals surface area contributed by atoms with Crippen LogP contribution in [0.4, 0.5) is 5.69 Å². The number of hydrogen-bond acceptors (Lipinski definition) is 9. The largest absolute Gasteiger partial charge is 0.286 e. The Morgan fingerprint density at radius 1 is 1.00 bits per heavy atom. The number of halogens is 1. The van der Waals surface area contributed by atoms with Gasteiger partial charge in [-0.3, -0.25) is 14.5 Å². The summed E-state index contributed by atoms with van der Waals surface area (Å²) in [7, 11) is 0. The zero-order valence-corrected chi connectivity index (χ0v) is 19.6. The number of rotatable bonds is 4. The first-order valence-corrected chi connectivity index (χ1v) is 11.9. The lowest BCUT2D eigenvalue weighted by molar-refractivity contribution is -0.387. The maximum atomic E-state index is 11.9. The van der Waals surface area contributed by atoms with Gasteiger partial charge in [-0.1, -0.05) is 42.5 Å². The summed E-state index contributed by atoms with van der Waals surface area (Å²) in [6.07, 6.45) is 0. The maximum absolute atomic E-state index is 11.9. The van der Waals surface area contributed by atoms with Crippen molar-refractivity contribution in [2.24, 2.45) is 0 Å². The number of fused-ring (bicyclic) bond motifs is 4. The van der Waals surface area contributed by atoms with Crippen LogP contribution in [-0.4, -0.2) is 33.3 Å². The molecule has 6 rings (SSSR count). The third-order valence-electron chi connectivity index (χ3n) is 5.06. The highest BCUT2D eigenvalue weighted by molar-refractivity contribution is 9.10. The van der Waals surface area contributed by atoms with Gasteiger partial charge < -0.3 is 0 Å². The Morgan fingerprint density at radius 2 is 1.76 bits per heavy atom. The Labute approximate surface area is 202 Å². The molecule has 0 atom stereocenters. The van der Waals surface area contributed by atoms with Gasteiger partial charge in [-0.25, -0.2) is 4.98 Å². The summed E-state index contributed by atoms with van der Waals surface area (Å²) in [5, 5.41) is 22.0. The molecule has 160 valence electrons. The van der Waals surface area contributed by atoms with Crippen molar-refractivity contribution in [2.45, 2.75) is 10.1 Å². The van der Waals surface area contributed by atoms with Gasteiger partial charge in [0.15, 0.2) is 5.65 Å². The van der Waals surface area contributed by atoms with E-state index in [1.54, 1.807) is 0 Å². The minimum Gasteiger partial charge on any atom is -0.258 e. The number of para-hydroxylation sites is 1. The van der Waals surface area contributed by atoms with Crippen LogP contribution in [0, 0.1) is 10.1 Å². The minimum atomic E-state index is -0.430. The molecule has 0 spiro atoms. The van der Waals surface area contributed by atoms with Crippen LogP contribution in [0.5, 0.6) is 0 Å². The number of nitrogens with zero attached hydrogens (tertiary/aromatic N) is 7. The van der Waals surface area contributed by atoms with Gasteiger partial charge in [0.05, 0.1) is 26.6 Å².